The number of rotatable bonds is 3. The number of hydrogen-bond acceptors (Lipinski definition) is 3. The molecule has 0 bridgehead atoms. The third kappa shape index (κ3) is 2.01. The zero-order valence-corrected chi connectivity index (χ0v) is 9.72. The monoisotopic (exact) mass is 253 g/mol. The Bertz CT molecular complexity index is 503. The SMILES string of the molecule is COc1cccc(N2CC(C(=O)O)CC2=O)c1F. The molecule has 2 rings (SSSR count). The van der Waals surface area contributed by atoms with Crippen molar-refractivity contribution in [3.63, 3.8) is 0 Å². The Balaban J connectivity index is 2.33. The largest absolute Gasteiger partial charge is 0.494 e. The molecule has 0 radical (unpaired) electrons. The number of aliphatic carboxylic acids is 1. The summed E-state index contributed by atoms with van der Waals surface area (Å²) < 4.78 is 18.8. The standard InChI is InChI=1S/C12H12FNO4/c1-18-9-4-2-3-8(11(9)13)14-6-7(12(16)17)5-10(14)15/h2-4,7H,5-6H2,1H3,(H,16,17). The van der Waals surface area contributed by atoms with E-state index in [0.717, 1.165) is 4.90 Å². The summed E-state index contributed by atoms with van der Waals surface area (Å²) in [6.07, 6.45) is -0.105. The first-order valence-electron chi connectivity index (χ1n) is 5.40. The van der Waals surface area contributed by atoms with Crippen molar-refractivity contribution in [2.45, 2.75) is 6.42 Å². The molecule has 1 fully saturated rings. The van der Waals surface area contributed by atoms with Crippen molar-refractivity contribution in [2.75, 3.05) is 18.6 Å². The number of hydrogen-bond donors (Lipinski definition) is 1. The van der Waals surface area contributed by atoms with E-state index in [2.05, 4.69) is 0 Å². The highest BCUT2D eigenvalue weighted by Crippen LogP contribution is 2.31. The number of carbonyl (C=O) groups excluding carboxylic acids is 1. The molecule has 1 aromatic carbocycles. The maximum Gasteiger partial charge on any atom is 0.308 e. The fraction of sp³-hybridized carbons (Fsp3) is 0.333. The minimum absolute atomic E-state index is 0.0156. The molecule has 1 unspecified atom stereocenters. The number of methoxy groups -OCH3 is 1. The second kappa shape index (κ2) is 4.64. The van der Waals surface area contributed by atoms with Gasteiger partial charge in [0, 0.05) is 13.0 Å². The number of benzene rings is 1. The van der Waals surface area contributed by atoms with Gasteiger partial charge in [0.2, 0.25) is 5.91 Å². The molecule has 1 aliphatic heterocycles. The van der Waals surface area contributed by atoms with E-state index in [9.17, 15) is 14.0 Å². The van der Waals surface area contributed by atoms with Gasteiger partial charge in [0.15, 0.2) is 11.6 Å². The summed E-state index contributed by atoms with van der Waals surface area (Å²) in [5, 5.41) is 8.87. The molecule has 1 aliphatic rings. The molecule has 1 aromatic rings. The van der Waals surface area contributed by atoms with E-state index in [1.54, 1.807) is 6.07 Å². The van der Waals surface area contributed by atoms with Gasteiger partial charge in [-0.3, -0.25) is 9.59 Å². The Morgan fingerprint density at radius 2 is 2.28 bits per heavy atom. The number of amides is 1. The van der Waals surface area contributed by atoms with Crippen molar-refractivity contribution < 1.29 is 23.8 Å². The lowest BCUT2D eigenvalue weighted by Gasteiger charge is -2.17. The van der Waals surface area contributed by atoms with Gasteiger partial charge in [-0.15, -0.1) is 0 Å². The quantitative estimate of drug-likeness (QED) is 0.881. The molecule has 5 nitrogen and oxygen atoms in total. The normalized spacial score (nSPS) is 19.1. The molecule has 0 saturated carbocycles. The summed E-state index contributed by atoms with van der Waals surface area (Å²) >= 11 is 0. The predicted octanol–water partition coefficient (Wildman–Crippen LogP) is 1.27. The third-order valence-corrected chi connectivity index (χ3v) is 2.93. The molecule has 1 saturated heterocycles. The van der Waals surface area contributed by atoms with Crippen molar-refractivity contribution in [1.82, 2.24) is 0 Å². The molecule has 1 atom stereocenters. The smallest absolute Gasteiger partial charge is 0.308 e. The molecular formula is C12H12FNO4. The molecular weight excluding hydrogens is 241 g/mol. The predicted molar refractivity (Wildman–Crippen MR) is 61.0 cm³/mol. The van der Waals surface area contributed by atoms with E-state index in [-0.39, 0.29) is 24.4 Å². The minimum Gasteiger partial charge on any atom is -0.494 e. The fourth-order valence-electron chi connectivity index (χ4n) is 1.97. The van der Waals surface area contributed by atoms with Crippen LogP contribution in [0.1, 0.15) is 6.42 Å². The number of nitrogens with zero attached hydrogens (tertiary/aromatic N) is 1. The van der Waals surface area contributed by atoms with E-state index in [0.29, 0.717) is 0 Å². The lowest BCUT2D eigenvalue weighted by Crippen LogP contribution is -2.26. The molecule has 6 heteroatoms. The maximum absolute atomic E-state index is 14.0. The molecule has 1 heterocycles. The molecule has 0 aromatic heterocycles. The average molecular weight is 253 g/mol. The van der Waals surface area contributed by atoms with Crippen LogP contribution in [0.25, 0.3) is 0 Å². The Morgan fingerprint density at radius 3 is 2.83 bits per heavy atom. The minimum atomic E-state index is -1.05. The summed E-state index contributed by atoms with van der Waals surface area (Å²) in [6.45, 7) is -0.0156. The van der Waals surface area contributed by atoms with Gasteiger partial charge in [-0.05, 0) is 12.1 Å². The summed E-state index contributed by atoms with van der Waals surface area (Å²) in [4.78, 5) is 23.7. The first-order valence-corrected chi connectivity index (χ1v) is 5.40. The fourth-order valence-corrected chi connectivity index (χ4v) is 1.97. The highest BCUT2D eigenvalue weighted by molar-refractivity contribution is 5.99. The van der Waals surface area contributed by atoms with Crippen LogP contribution in [0, 0.1) is 11.7 Å². The van der Waals surface area contributed by atoms with Crippen LogP contribution in [0.5, 0.6) is 5.75 Å². The molecule has 18 heavy (non-hydrogen) atoms. The van der Waals surface area contributed by atoms with Crippen LogP contribution >= 0.6 is 0 Å². The zero-order chi connectivity index (χ0) is 13.3. The van der Waals surface area contributed by atoms with Gasteiger partial charge in [-0.1, -0.05) is 6.07 Å². The second-order valence-corrected chi connectivity index (χ2v) is 4.04. The number of carbonyl (C=O) groups is 2. The van der Waals surface area contributed by atoms with Gasteiger partial charge in [-0.2, -0.15) is 0 Å². The Hall–Kier alpha value is -2.11. The van der Waals surface area contributed by atoms with Crippen molar-refractivity contribution in [3.05, 3.63) is 24.0 Å². The van der Waals surface area contributed by atoms with E-state index in [1.165, 1.54) is 19.2 Å². The third-order valence-electron chi connectivity index (χ3n) is 2.93. The Kier molecular flexibility index (Phi) is 3.18. The second-order valence-electron chi connectivity index (χ2n) is 4.04. The van der Waals surface area contributed by atoms with Gasteiger partial charge in [0.05, 0.1) is 18.7 Å². The molecule has 96 valence electrons. The van der Waals surface area contributed by atoms with Crippen LogP contribution in [0.2, 0.25) is 0 Å². The van der Waals surface area contributed by atoms with E-state index in [1.807, 2.05) is 0 Å². The van der Waals surface area contributed by atoms with Crippen LogP contribution in [-0.2, 0) is 9.59 Å². The summed E-state index contributed by atoms with van der Waals surface area (Å²) in [5.41, 5.74) is 0.0584. The number of halogens is 1. The summed E-state index contributed by atoms with van der Waals surface area (Å²) in [6, 6.07) is 4.42. The maximum atomic E-state index is 14.0. The van der Waals surface area contributed by atoms with Crippen molar-refractivity contribution in [3.8, 4) is 5.75 Å². The Morgan fingerprint density at radius 1 is 1.56 bits per heavy atom. The van der Waals surface area contributed by atoms with Gasteiger partial charge >= 0.3 is 5.97 Å². The van der Waals surface area contributed by atoms with Crippen molar-refractivity contribution >= 4 is 17.6 Å². The summed E-state index contributed by atoms with van der Waals surface area (Å²) in [5.74, 6) is -2.86. The molecule has 0 aliphatic carbocycles. The van der Waals surface area contributed by atoms with E-state index >= 15 is 0 Å². The highest BCUT2D eigenvalue weighted by atomic mass is 19.1. The summed E-state index contributed by atoms with van der Waals surface area (Å²) in [7, 11) is 1.33. The Labute approximate surface area is 103 Å². The molecule has 0 spiro atoms. The number of anilines is 1. The van der Waals surface area contributed by atoms with Gasteiger partial charge < -0.3 is 14.7 Å². The number of ether oxygens (including phenoxy) is 1. The van der Waals surface area contributed by atoms with Gasteiger partial charge in [0.1, 0.15) is 0 Å². The first kappa shape index (κ1) is 12.3. The van der Waals surface area contributed by atoms with Crippen molar-refractivity contribution in [1.29, 1.82) is 0 Å². The van der Waals surface area contributed by atoms with Crippen LogP contribution < -0.4 is 9.64 Å². The lowest BCUT2D eigenvalue weighted by atomic mass is 10.1. The topological polar surface area (TPSA) is 66.8 Å². The van der Waals surface area contributed by atoms with Gasteiger partial charge in [-0.25, -0.2) is 4.39 Å². The van der Waals surface area contributed by atoms with E-state index < -0.39 is 23.6 Å². The van der Waals surface area contributed by atoms with Crippen molar-refractivity contribution in [2.24, 2.45) is 5.92 Å². The number of carboxylic acid groups (broad SMARTS) is 1. The molecule has 1 N–H and O–H groups in total. The van der Waals surface area contributed by atoms with Crippen LogP contribution in [0.15, 0.2) is 18.2 Å². The van der Waals surface area contributed by atoms with Crippen LogP contribution in [0.4, 0.5) is 10.1 Å². The van der Waals surface area contributed by atoms with E-state index in [4.69, 9.17) is 9.84 Å². The first-order chi connectivity index (χ1) is 8.54. The van der Waals surface area contributed by atoms with Gasteiger partial charge in [0.25, 0.3) is 0 Å². The lowest BCUT2D eigenvalue weighted by molar-refractivity contribution is -0.141. The van der Waals surface area contributed by atoms with Crippen LogP contribution in [-0.4, -0.2) is 30.6 Å². The average Bonchev–Trinajstić information content (AvgIpc) is 2.72. The highest BCUT2D eigenvalue weighted by Gasteiger charge is 2.36. The molecule has 1 amide bonds. The zero-order valence-electron chi connectivity index (χ0n) is 9.72. The number of carboxylic acids is 1. The van der Waals surface area contributed by atoms with Crippen LogP contribution in [0.3, 0.4) is 0 Å².